The lowest BCUT2D eigenvalue weighted by Crippen LogP contribution is -2.31. The van der Waals surface area contributed by atoms with Crippen LogP contribution in [-0.2, 0) is 11.2 Å². The molecular weight excluding hydrogens is 254 g/mol. The number of para-hydroxylation sites is 1. The maximum Gasteiger partial charge on any atom is 0.265 e. The molecule has 1 aliphatic rings. The van der Waals surface area contributed by atoms with E-state index in [-0.39, 0.29) is 5.91 Å². The van der Waals surface area contributed by atoms with E-state index < -0.39 is 6.10 Å². The van der Waals surface area contributed by atoms with Gasteiger partial charge in [0.1, 0.15) is 12.0 Å². The third-order valence-electron chi connectivity index (χ3n) is 3.25. The second-order valence-corrected chi connectivity index (χ2v) is 4.65. The highest BCUT2D eigenvalue weighted by molar-refractivity contribution is 5.95. The first-order chi connectivity index (χ1) is 9.76. The molecule has 20 heavy (non-hydrogen) atoms. The van der Waals surface area contributed by atoms with Gasteiger partial charge in [0.15, 0.2) is 6.10 Å². The van der Waals surface area contributed by atoms with Crippen LogP contribution < -0.4 is 10.1 Å². The Bertz CT molecular complexity index is 624. The molecular formula is C16H13NO3. The van der Waals surface area contributed by atoms with Crippen molar-refractivity contribution < 1.29 is 14.3 Å². The van der Waals surface area contributed by atoms with Crippen LogP contribution in [0, 0.1) is 0 Å². The molecule has 4 nitrogen and oxygen atoms in total. The molecule has 1 N–H and O–H groups in total. The average Bonchev–Trinajstić information content (AvgIpc) is 2.92. The van der Waals surface area contributed by atoms with Gasteiger partial charge in [-0.1, -0.05) is 18.2 Å². The molecule has 1 aliphatic heterocycles. The normalized spacial score (nSPS) is 16.1. The average molecular weight is 267 g/mol. The Morgan fingerprint density at radius 1 is 1.15 bits per heavy atom. The van der Waals surface area contributed by atoms with Crippen molar-refractivity contribution in [1.29, 1.82) is 0 Å². The monoisotopic (exact) mass is 267 g/mol. The summed E-state index contributed by atoms with van der Waals surface area (Å²) in [5, 5.41) is 2.79. The van der Waals surface area contributed by atoms with Crippen LogP contribution in [0.5, 0.6) is 5.75 Å². The molecule has 0 aromatic heterocycles. The summed E-state index contributed by atoms with van der Waals surface area (Å²) < 4.78 is 5.62. The Balaban J connectivity index is 1.67. The summed E-state index contributed by atoms with van der Waals surface area (Å²) in [5.74, 6) is 0.587. The quantitative estimate of drug-likeness (QED) is 0.869. The van der Waals surface area contributed by atoms with Crippen molar-refractivity contribution in [2.24, 2.45) is 0 Å². The third-order valence-corrected chi connectivity index (χ3v) is 3.25. The number of rotatable bonds is 3. The molecule has 2 aromatic carbocycles. The number of amides is 1. The predicted molar refractivity (Wildman–Crippen MR) is 75.0 cm³/mol. The van der Waals surface area contributed by atoms with E-state index in [9.17, 15) is 9.59 Å². The van der Waals surface area contributed by atoms with Crippen molar-refractivity contribution in [2.75, 3.05) is 5.32 Å². The van der Waals surface area contributed by atoms with Crippen LogP contribution >= 0.6 is 0 Å². The Hall–Kier alpha value is -2.62. The van der Waals surface area contributed by atoms with E-state index in [1.807, 2.05) is 24.3 Å². The van der Waals surface area contributed by atoms with Gasteiger partial charge in [-0.25, -0.2) is 0 Å². The fourth-order valence-corrected chi connectivity index (χ4v) is 2.20. The summed E-state index contributed by atoms with van der Waals surface area (Å²) in [6.07, 6.45) is 0.842. The predicted octanol–water partition coefficient (Wildman–Crippen LogP) is 2.44. The number of ether oxygens (including phenoxy) is 1. The maximum atomic E-state index is 12.1. The summed E-state index contributed by atoms with van der Waals surface area (Å²) in [7, 11) is 0. The fourth-order valence-electron chi connectivity index (χ4n) is 2.20. The Morgan fingerprint density at radius 2 is 1.90 bits per heavy atom. The number of benzene rings is 2. The van der Waals surface area contributed by atoms with Gasteiger partial charge >= 0.3 is 0 Å². The minimum atomic E-state index is -0.502. The van der Waals surface area contributed by atoms with E-state index in [0.717, 1.165) is 17.6 Å². The molecule has 1 atom stereocenters. The van der Waals surface area contributed by atoms with Crippen molar-refractivity contribution in [3.63, 3.8) is 0 Å². The Labute approximate surface area is 116 Å². The van der Waals surface area contributed by atoms with Crippen LogP contribution in [0.15, 0.2) is 48.5 Å². The first-order valence-corrected chi connectivity index (χ1v) is 6.37. The van der Waals surface area contributed by atoms with E-state index in [1.54, 1.807) is 24.3 Å². The van der Waals surface area contributed by atoms with Crippen molar-refractivity contribution in [3.05, 3.63) is 59.7 Å². The van der Waals surface area contributed by atoms with E-state index in [4.69, 9.17) is 4.74 Å². The number of fused-ring (bicyclic) bond motifs is 1. The van der Waals surface area contributed by atoms with E-state index >= 15 is 0 Å². The highest BCUT2D eigenvalue weighted by atomic mass is 16.5. The van der Waals surface area contributed by atoms with Gasteiger partial charge in [0.25, 0.3) is 5.91 Å². The summed E-state index contributed by atoms with van der Waals surface area (Å²) in [6.45, 7) is 0. The number of hydrogen-bond acceptors (Lipinski definition) is 3. The van der Waals surface area contributed by atoms with Crippen LogP contribution in [0.3, 0.4) is 0 Å². The minimum absolute atomic E-state index is 0.181. The van der Waals surface area contributed by atoms with Crippen LogP contribution in [0.1, 0.15) is 15.9 Å². The molecule has 3 rings (SSSR count). The van der Waals surface area contributed by atoms with E-state index in [1.165, 1.54) is 0 Å². The zero-order valence-electron chi connectivity index (χ0n) is 10.7. The highest BCUT2D eigenvalue weighted by Crippen LogP contribution is 2.28. The zero-order valence-corrected chi connectivity index (χ0v) is 10.7. The van der Waals surface area contributed by atoms with Crippen molar-refractivity contribution in [2.45, 2.75) is 12.5 Å². The summed E-state index contributed by atoms with van der Waals surface area (Å²) >= 11 is 0. The number of carbonyl (C=O) groups excluding carboxylic acids is 2. The fraction of sp³-hybridized carbons (Fsp3) is 0.125. The van der Waals surface area contributed by atoms with Gasteiger partial charge in [0.05, 0.1) is 0 Å². The molecule has 0 bridgehead atoms. The molecule has 0 fully saturated rings. The molecule has 0 aliphatic carbocycles. The van der Waals surface area contributed by atoms with Crippen LogP contribution in [0.4, 0.5) is 5.69 Å². The van der Waals surface area contributed by atoms with Gasteiger partial charge in [-0.3, -0.25) is 9.59 Å². The van der Waals surface area contributed by atoms with Gasteiger partial charge in [0.2, 0.25) is 0 Å². The summed E-state index contributed by atoms with van der Waals surface area (Å²) in [5.41, 5.74) is 2.27. The first kappa shape index (κ1) is 12.4. The first-order valence-electron chi connectivity index (χ1n) is 6.37. The molecule has 1 amide bonds. The molecule has 1 unspecified atom stereocenters. The van der Waals surface area contributed by atoms with Crippen molar-refractivity contribution >= 4 is 17.9 Å². The van der Waals surface area contributed by atoms with Gasteiger partial charge in [0, 0.05) is 17.7 Å². The van der Waals surface area contributed by atoms with Crippen LogP contribution in [-0.4, -0.2) is 18.3 Å². The lowest BCUT2D eigenvalue weighted by Gasteiger charge is -2.11. The molecule has 100 valence electrons. The largest absolute Gasteiger partial charge is 0.480 e. The minimum Gasteiger partial charge on any atom is -0.480 e. The SMILES string of the molecule is O=Cc1ccc(NC(=O)C2Cc3ccccc3O2)cc1. The second-order valence-electron chi connectivity index (χ2n) is 4.65. The maximum absolute atomic E-state index is 12.1. The van der Waals surface area contributed by atoms with Gasteiger partial charge in [-0.15, -0.1) is 0 Å². The molecule has 0 spiro atoms. The molecule has 0 saturated heterocycles. The Kier molecular flexibility index (Phi) is 3.21. The van der Waals surface area contributed by atoms with E-state index in [0.29, 0.717) is 17.7 Å². The van der Waals surface area contributed by atoms with Crippen LogP contribution in [0.25, 0.3) is 0 Å². The van der Waals surface area contributed by atoms with E-state index in [2.05, 4.69) is 5.32 Å². The highest BCUT2D eigenvalue weighted by Gasteiger charge is 2.28. The zero-order chi connectivity index (χ0) is 13.9. The molecule has 4 heteroatoms. The lowest BCUT2D eigenvalue weighted by molar-refractivity contribution is -0.122. The molecule has 1 heterocycles. The van der Waals surface area contributed by atoms with Crippen LogP contribution in [0.2, 0.25) is 0 Å². The number of nitrogens with one attached hydrogen (secondary N) is 1. The topological polar surface area (TPSA) is 55.4 Å². The number of carbonyl (C=O) groups is 2. The number of aldehydes is 1. The van der Waals surface area contributed by atoms with Crippen molar-refractivity contribution in [1.82, 2.24) is 0 Å². The van der Waals surface area contributed by atoms with Gasteiger partial charge in [-0.05, 0) is 35.9 Å². The lowest BCUT2D eigenvalue weighted by atomic mass is 10.1. The number of hydrogen-bond donors (Lipinski definition) is 1. The van der Waals surface area contributed by atoms with Gasteiger partial charge < -0.3 is 10.1 Å². The van der Waals surface area contributed by atoms with Gasteiger partial charge in [-0.2, -0.15) is 0 Å². The Morgan fingerprint density at radius 3 is 2.60 bits per heavy atom. The standard InChI is InChI=1S/C16H13NO3/c18-10-11-5-7-13(8-6-11)17-16(19)15-9-12-3-1-2-4-14(12)20-15/h1-8,10,15H,9H2,(H,17,19). The molecule has 0 saturated carbocycles. The second kappa shape index (κ2) is 5.17. The molecule has 0 radical (unpaired) electrons. The summed E-state index contributed by atoms with van der Waals surface area (Å²) in [6, 6.07) is 14.4. The number of anilines is 1. The summed E-state index contributed by atoms with van der Waals surface area (Å²) in [4.78, 5) is 22.7. The molecule has 2 aromatic rings. The smallest absolute Gasteiger partial charge is 0.265 e. The third kappa shape index (κ3) is 2.40. The van der Waals surface area contributed by atoms with Crippen molar-refractivity contribution in [3.8, 4) is 5.75 Å².